The van der Waals surface area contributed by atoms with Crippen LogP contribution in [0.15, 0.2) is 30.5 Å². The number of nitrogens with zero attached hydrogens (tertiary/aromatic N) is 1. The monoisotopic (exact) mass is 519 g/mol. The molecule has 0 aromatic carbocycles. The minimum atomic E-state index is -2.42. The molecule has 2 saturated heterocycles. The van der Waals surface area contributed by atoms with Crippen molar-refractivity contribution in [3.05, 3.63) is 36.2 Å². The minimum absolute atomic E-state index is 0.0531. The van der Waals surface area contributed by atoms with Crippen molar-refractivity contribution >= 4 is 5.97 Å². The molecule has 4 saturated carbocycles. The number of ether oxygens (including phenoxy) is 3. The van der Waals surface area contributed by atoms with Gasteiger partial charge in [0.2, 0.25) is 0 Å². The van der Waals surface area contributed by atoms with Gasteiger partial charge in [-0.25, -0.2) is 4.79 Å². The molecule has 4 aliphatic carbocycles. The van der Waals surface area contributed by atoms with Crippen molar-refractivity contribution in [3.8, 4) is 0 Å². The number of hydrogen-bond acceptors (Lipinski definition) is 9. The first-order chi connectivity index (χ1) is 17.0. The summed E-state index contributed by atoms with van der Waals surface area (Å²) in [6.45, 7) is 10.5. The Hall–Kier alpha value is -1.79. The number of hydrogen-bond donors (Lipinski definition) is 5. The van der Waals surface area contributed by atoms with Gasteiger partial charge < -0.3 is 44.3 Å². The molecule has 1 aromatic heterocycles. The summed E-state index contributed by atoms with van der Waals surface area (Å²) in [4.78, 5) is 13.6. The number of aliphatic hydroxyl groups is 5. The zero-order valence-electron chi connectivity index (χ0n) is 22.1. The Balaban J connectivity index is 1.72. The zero-order chi connectivity index (χ0) is 27.4. The van der Waals surface area contributed by atoms with E-state index in [1.54, 1.807) is 50.7 Å². The van der Waals surface area contributed by atoms with E-state index in [-0.39, 0.29) is 25.0 Å². The highest BCUT2D eigenvalue weighted by atomic mass is 16.7. The molecule has 10 heteroatoms. The first kappa shape index (κ1) is 25.5. The molecule has 5 N–H and O–H groups in total. The molecule has 204 valence electrons. The van der Waals surface area contributed by atoms with Crippen LogP contribution in [0.3, 0.4) is 0 Å². The largest absolute Gasteiger partial charge is 0.451 e. The molecule has 10 nitrogen and oxygen atoms in total. The lowest BCUT2D eigenvalue weighted by molar-refractivity contribution is -0.383. The molecule has 3 heterocycles. The van der Waals surface area contributed by atoms with Crippen LogP contribution in [0.25, 0.3) is 0 Å². The van der Waals surface area contributed by atoms with Crippen molar-refractivity contribution in [2.45, 2.75) is 93.0 Å². The first-order valence-corrected chi connectivity index (χ1v) is 12.8. The Labute approximate surface area is 215 Å². The van der Waals surface area contributed by atoms with E-state index in [9.17, 15) is 30.3 Å². The molecule has 6 aliphatic rings. The highest BCUT2D eigenvalue weighted by Gasteiger charge is 3.10. The maximum absolute atomic E-state index is 13.6. The van der Waals surface area contributed by atoms with Gasteiger partial charge in [0.15, 0.2) is 17.5 Å². The van der Waals surface area contributed by atoms with Crippen LogP contribution in [-0.4, -0.2) is 89.2 Å². The van der Waals surface area contributed by atoms with Crippen LogP contribution in [0, 0.1) is 16.7 Å². The summed E-state index contributed by atoms with van der Waals surface area (Å²) >= 11 is 0. The lowest BCUT2D eigenvalue weighted by atomic mass is 9.52. The number of carbonyl (C=O) groups excluding carboxylic acids is 1. The zero-order valence-corrected chi connectivity index (χ0v) is 22.1. The van der Waals surface area contributed by atoms with E-state index in [2.05, 4.69) is 6.58 Å². The van der Waals surface area contributed by atoms with Gasteiger partial charge in [0, 0.05) is 32.2 Å². The number of aryl methyl sites for hydroxylation is 1. The molecule has 6 fully saturated rings. The summed E-state index contributed by atoms with van der Waals surface area (Å²) in [6.07, 6.45) is -1.42. The average molecular weight is 520 g/mol. The second kappa shape index (κ2) is 6.50. The van der Waals surface area contributed by atoms with Crippen molar-refractivity contribution in [3.63, 3.8) is 0 Å². The van der Waals surface area contributed by atoms with Crippen LogP contribution in [0.4, 0.5) is 0 Å². The molecule has 0 amide bonds. The van der Waals surface area contributed by atoms with Gasteiger partial charge in [-0.05, 0) is 43.4 Å². The third-order valence-corrected chi connectivity index (χ3v) is 11.6. The molecule has 0 unspecified atom stereocenters. The Morgan fingerprint density at radius 2 is 1.89 bits per heavy atom. The van der Waals surface area contributed by atoms with Gasteiger partial charge in [0.25, 0.3) is 0 Å². The molecule has 10 atom stereocenters. The van der Waals surface area contributed by atoms with Gasteiger partial charge in [0.05, 0.1) is 5.41 Å². The Kier molecular flexibility index (Phi) is 4.47. The number of aliphatic hydroxyl groups excluding tert-OH is 1. The van der Waals surface area contributed by atoms with Crippen LogP contribution < -0.4 is 0 Å². The molecule has 6 bridgehead atoms. The van der Waals surface area contributed by atoms with E-state index in [1.807, 2.05) is 0 Å². The van der Waals surface area contributed by atoms with E-state index in [0.29, 0.717) is 5.57 Å². The molecule has 0 radical (unpaired) electrons. The van der Waals surface area contributed by atoms with Crippen LogP contribution in [0.2, 0.25) is 0 Å². The van der Waals surface area contributed by atoms with Crippen molar-refractivity contribution in [2.75, 3.05) is 7.11 Å². The Bertz CT molecular complexity index is 1250. The average Bonchev–Trinajstić information content (AvgIpc) is 3.36. The molecule has 37 heavy (non-hydrogen) atoms. The molecule has 7 rings (SSSR count). The Morgan fingerprint density at radius 1 is 1.24 bits per heavy atom. The predicted octanol–water partition coefficient (Wildman–Crippen LogP) is 0.397. The summed E-state index contributed by atoms with van der Waals surface area (Å²) in [6, 6.07) is 3.24. The first-order valence-electron chi connectivity index (χ1n) is 12.8. The summed E-state index contributed by atoms with van der Waals surface area (Å²) in [7, 11) is 3.00. The highest BCUT2D eigenvalue weighted by molar-refractivity contribution is 5.88. The molecule has 2 aliphatic heterocycles. The SMILES string of the molecule is C=C1CC[C@]2(O)[C@]3(C)C[C@]4(O)O[C@@]2([C@@H]1O)[C@]1(O)[C@@]3(OC)[C@H](OC(=O)c2cccn2C)[C@](O)(C(C)C)[C@]14C. The van der Waals surface area contributed by atoms with E-state index >= 15 is 0 Å². The van der Waals surface area contributed by atoms with Gasteiger partial charge in [-0.1, -0.05) is 27.4 Å². The van der Waals surface area contributed by atoms with E-state index < -0.39 is 68.7 Å². The maximum atomic E-state index is 13.6. The number of rotatable bonds is 4. The lowest BCUT2D eigenvalue weighted by Gasteiger charge is -2.60. The fourth-order valence-electron chi connectivity index (χ4n) is 9.95. The summed E-state index contributed by atoms with van der Waals surface area (Å²) < 4.78 is 20.2. The summed E-state index contributed by atoms with van der Waals surface area (Å²) in [5.74, 6) is -3.68. The number of aromatic nitrogens is 1. The summed E-state index contributed by atoms with van der Waals surface area (Å²) in [5, 5.41) is 62.3. The minimum Gasteiger partial charge on any atom is -0.451 e. The van der Waals surface area contributed by atoms with Gasteiger partial charge in [-0.3, -0.25) is 0 Å². The fraction of sp³-hybridized carbons (Fsp3) is 0.741. The number of carbonyl (C=O) groups is 1. The smallest absolute Gasteiger partial charge is 0.355 e. The van der Waals surface area contributed by atoms with Crippen LogP contribution in [0.1, 0.15) is 57.4 Å². The molecular formula is C27H37NO9. The van der Waals surface area contributed by atoms with Crippen molar-refractivity contribution in [2.24, 2.45) is 23.8 Å². The quantitative estimate of drug-likeness (QED) is 0.281. The van der Waals surface area contributed by atoms with E-state index in [0.717, 1.165) is 0 Å². The Morgan fingerprint density at radius 3 is 2.43 bits per heavy atom. The molecular weight excluding hydrogens is 482 g/mol. The molecule has 1 aromatic rings. The van der Waals surface area contributed by atoms with Gasteiger partial charge in [-0.15, -0.1) is 0 Å². The topological polar surface area (TPSA) is 151 Å². The van der Waals surface area contributed by atoms with Gasteiger partial charge >= 0.3 is 5.97 Å². The van der Waals surface area contributed by atoms with Crippen molar-refractivity contribution in [1.29, 1.82) is 0 Å². The highest BCUT2D eigenvalue weighted by Crippen LogP contribution is 2.91. The van der Waals surface area contributed by atoms with Gasteiger partial charge in [-0.2, -0.15) is 0 Å². The van der Waals surface area contributed by atoms with Crippen molar-refractivity contribution in [1.82, 2.24) is 4.57 Å². The summed E-state index contributed by atoms with van der Waals surface area (Å²) in [5.41, 5.74) is -13.6. The third kappa shape index (κ3) is 1.89. The second-order valence-corrected chi connectivity index (χ2v) is 12.6. The second-order valence-electron chi connectivity index (χ2n) is 12.6. The number of esters is 1. The van der Waals surface area contributed by atoms with Crippen LogP contribution in [-0.2, 0) is 21.3 Å². The fourth-order valence-corrected chi connectivity index (χ4v) is 9.95. The predicted molar refractivity (Wildman–Crippen MR) is 128 cm³/mol. The van der Waals surface area contributed by atoms with E-state index in [4.69, 9.17) is 14.2 Å². The van der Waals surface area contributed by atoms with E-state index in [1.165, 1.54) is 14.0 Å². The van der Waals surface area contributed by atoms with Crippen LogP contribution >= 0.6 is 0 Å². The third-order valence-electron chi connectivity index (χ3n) is 11.6. The van der Waals surface area contributed by atoms with Gasteiger partial charge in [0.1, 0.15) is 34.2 Å². The van der Waals surface area contributed by atoms with Crippen LogP contribution in [0.5, 0.6) is 0 Å². The molecule has 1 spiro atoms. The maximum Gasteiger partial charge on any atom is 0.355 e. The van der Waals surface area contributed by atoms with Crippen molar-refractivity contribution < 1.29 is 44.5 Å². The number of methoxy groups -OCH3 is 1. The lowest BCUT2D eigenvalue weighted by Crippen LogP contribution is -2.74. The normalized spacial score (nSPS) is 55.3. The standard InChI is InChI=1S/C27H37NO9/c1-14(2)24(33)19(36-18(30)16-9-8-12-28(16)6)26(35-7)20(4)13-23(32)21(24,5)27(26,34)25(37-23)17(29)15(3)10-11-22(20,25)31/h8-9,12,14,17,19,29,31-34H,3,10-11,13H2,1-2,4-7H3/t17-,19-,20+,21-,22+,23+,24-,25-,26-,27+/m1/s1.